The zero-order valence-electron chi connectivity index (χ0n) is 16.1. The average Bonchev–Trinajstić information content (AvgIpc) is 2.53. The van der Waals surface area contributed by atoms with E-state index in [0.29, 0.717) is 12.5 Å². The molecule has 0 aromatic heterocycles. The molecule has 0 N–H and O–H groups in total. The summed E-state index contributed by atoms with van der Waals surface area (Å²) < 4.78 is 4.93. The van der Waals surface area contributed by atoms with Crippen LogP contribution >= 0.6 is 0 Å². The van der Waals surface area contributed by atoms with Crippen molar-refractivity contribution in [2.75, 3.05) is 6.61 Å². The smallest absolute Gasteiger partial charge is 0.330 e. The van der Waals surface area contributed by atoms with Crippen molar-refractivity contribution in [3.05, 3.63) is 34.9 Å². The molecule has 1 unspecified atom stereocenters. The fourth-order valence-corrected chi connectivity index (χ4v) is 2.49. The summed E-state index contributed by atoms with van der Waals surface area (Å²) in [6, 6.07) is 0. The summed E-state index contributed by atoms with van der Waals surface area (Å²) in [5, 5.41) is 0. The molecule has 0 aliphatic heterocycles. The van der Waals surface area contributed by atoms with Gasteiger partial charge in [-0.15, -0.1) is 0 Å². The fraction of sp³-hybridized carbons (Fsp3) is 0.667. The van der Waals surface area contributed by atoms with E-state index in [-0.39, 0.29) is 5.97 Å². The number of ether oxygens (including phenoxy) is 1. The van der Waals surface area contributed by atoms with Gasteiger partial charge in [-0.1, -0.05) is 63.0 Å². The van der Waals surface area contributed by atoms with Gasteiger partial charge >= 0.3 is 5.97 Å². The van der Waals surface area contributed by atoms with Crippen LogP contribution < -0.4 is 0 Å². The molecule has 1 rings (SSSR count). The number of allylic oxidation sites excluding steroid dienone is 5. The quantitative estimate of drug-likeness (QED) is 0.401. The second-order valence-electron chi connectivity index (χ2n) is 6.31. The molecule has 0 aromatic carbocycles. The van der Waals surface area contributed by atoms with Crippen molar-refractivity contribution in [3.63, 3.8) is 0 Å². The first-order valence-corrected chi connectivity index (χ1v) is 9.20. The molecule has 1 aliphatic carbocycles. The molecule has 0 bridgehead atoms. The van der Waals surface area contributed by atoms with Gasteiger partial charge in [-0.25, -0.2) is 4.79 Å². The maximum absolute atomic E-state index is 11.4. The topological polar surface area (TPSA) is 26.3 Å². The van der Waals surface area contributed by atoms with Crippen LogP contribution in [0.25, 0.3) is 0 Å². The Morgan fingerprint density at radius 3 is 2.35 bits per heavy atom. The Morgan fingerprint density at radius 1 is 1.22 bits per heavy atom. The Morgan fingerprint density at radius 2 is 1.87 bits per heavy atom. The molecular weight excluding hydrogens is 284 g/mol. The van der Waals surface area contributed by atoms with E-state index < -0.39 is 0 Å². The minimum Gasteiger partial charge on any atom is -0.463 e. The van der Waals surface area contributed by atoms with Crippen molar-refractivity contribution in [2.24, 2.45) is 5.92 Å². The van der Waals surface area contributed by atoms with Gasteiger partial charge in [0.05, 0.1) is 6.61 Å². The van der Waals surface area contributed by atoms with Gasteiger partial charge in [0.1, 0.15) is 0 Å². The van der Waals surface area contributed by atoms with Gasteiger partial charge in [0, 0.05) is 6.08 Å². The molecule has 23 heavy (non-hydrogen) atoms. The lowest BCUT2D eigenvalue weighted by Crippen LogP contribution is -2.04. The minimum atomic E-state index is -0.218. The molecule has 2 nitrogen and oxygen atoms in total. The van der Waals surface area contributed by atoms with Gasteiger partial charge in [-0.3, -0.25) is 0 Å². The highest BCUT2D eigenvalue weighted by molar-refractivity contribution is 5.82. The third-order valence-corrected chi connectivity index (χ3v) is 3.98. The number of esters is 1. The Kier molecular flexibility index (Phi) is 12.4. The molecule has 0 saturated heterocycles. The fourth-order valence-electron chi connectivity index (χ4n) is 2.49. The van der Waals surface area contributed by atoms with E-state index in [1.807, 2.05) is 13.8 Å². The third-order valence-electron chi connectivity index (χ3n) is 3.98. The monoisotopic (exact) mass is 320 g/mol. The minimum absolute atomic E-state index is 0.218. The van der Waals surface area contributed by atoms with Crippen LogP contribution in [0.4, 0.5) is 0 Å². The largest absolute Gasteiger partial charge is 0.463 e. The van der Waals surface area contributed by atoms with Gasteiger partial charge in [0.25, 0.3) is 0 Å². The van der Waals surface area contributed by atoms with E-state index in [1.165, 1.54) is 25.7 Å². The van der Waals surface area contributed by atoms with Crippen molar-refractivity contribution >= 4 is 5.97 Å². The maximum Gasteiger partial charge on any atom is 0.330 e. The van der Waals surface area contributed by atoms with Gasteiger partial charge in [0.15, 0.2) is 0 Å². The highest BCUT2D eigenvalue weighted by Crippen LogP contribution is 2.28. The summed E-state index contributed by atoms with van der Waals surface area (Å²) in [5.41, 5.74) is 4.21. The molecule has 0 aromatic rings. The molecule has 0 saturated carbocycles. The van der Waals surface area contributed by atoms with E-state index in [9.17, 15) is 4.79 Å². The van der Waals surface area contributed by atoms with Crippen LogP contribution in [-0.4, -0.2) is 12.6 Å². The number of carbonyl (C=O) groups excluding carboxylic acids is 1. The molecule has 0 radical (unpaired) electrons. The number of carbonyl (C=O) groups is 1. The average molecular weight is 321 g/mol. The van der Waals surface area contributed by atoms with Crippen LogP contribution in [0.5, 0.6) is 0 Å². The highest BCUT2D eigenvalue weighted by atomic mass is 16.5. The predicted octanol–water partition coefficient (Wildman–Crippen LogP) is 6.39. The molecule has 132 valence electrons. The zero-order valence-corrected chi connectivity index (χ0v) is 16.1. The molecule has 0 heterocycles. The molecule has 1 atom stereocenters. The Bertz CT molecular complexity index is 427. The lowest BCUT2D eigenvalue weighted by Gasteiger charge is -2.20. The molecule has 1 aliphatic rings. The SMILES string of the molecule is CCC.CCOC(=O)/C=C(/C)CCC(C)C1=CC=C(CC)CC1. The summed E-state index contributed by atoms with van der Waals surface area (Å²) in [4.78, 5) is 11.4. The van der Waals surface area contributed by atoms with Crippen LogP contribution in [0, 0.1) is 5.92 Å². The van der Waals surface area contributed by atoms with Gasteiger partial charge in [-0.05, 0) is 51.9 Å². The lowest BCUT2D eigenvalue weighted by molar-refractivity contribution is -0.137. The van der Waals surface area contributed by atoms with Gasteiger partial charge in [0.2, 0.25) is 0 Å². The first-order chi connectivity index (χ1) is 11.0. The van der Waals surface area contributed by atoms with E-state index >= 15 is 0 Å². The summed E-state index contributed by atoms with van der Waals surface area (Å²) in [5.74, 6) is 0.375. The maximum atomic E-state index is 11.4. The van der Waals surface area contributed by atoms with Crippen LogP contribution in [0.15, 0.2) is 34.9 Å². The highest BCUT2D eigenvalue weighted by Gasteiger charge is 2.12. The van der Waals surface area contributed by atoms with Crippen molar-refractivity contribution in [2.45, 2.75) is 80.1 Å². The standard InChI is InChI=1S/C18H28O2.C3H8/c1-5-16-9-11-17(12-10-16)15(4)8-7-14(3)13-18(19)20-6-2;1-3-2/h9,11,13,15H,5-8,10,12H2,1-4H3;3H2,1-2H3/b14-13-;. The van der Waals surface area contributed by atoms with Crippen molar-refractivity contribution in [1.29, 1.82) is 0 Å². The van der Waals surface area contributed by atoms with E-state index in [0.717, 1.165) is 18.4 Å². The van der Waals surface area contributed by atoms with Crippen LogP contribution in [-0.2, 0) is 9.53 Å². The van der Waals surface area contributed by atoms with E-state index in [2.05, 4.69) is 39.8 Å². The summed E-state index contributed by atoms with van der Waals surface area (Å²) >= 11 is 0. The normalized spacial score (nSPS) is 15.8. The Labute approximate surface area is 143 Å². The second-order valence-corrected chi connectivity index (χ2v) is 6.31. The molecule has 2 heteroatoms. The first-order valence-electron chi connectivity index (χ1n) is 9.20. The second kappa shape index (κ2) is 13.2. The Hall–Kier alpha value is -1.31. The van der Waals surface area contributed by atoms with Crippen LogP contribution in [0.3, 0.4) is 0 Å². The molecule has 0 amide bonds. The summed E-state index contributed by atoms with van der Waals surface area (Å²) in [6.45, 7) is 13.0. The summed E-state index contributed by atoms with van der Waals surface area (Å²) in [6.07, 6.45) is 13.1. The van der Waals surface area contributed by atoms with Crippen molar-refractivity contribution < 1.29 is 9.53 Å². The summed E-state index contributed by atoms with van der Waals surface area (Å²) in [7, 11) is 0. The first kappa shape index (κ1) is 21.7. The van der Waals surface area contributed by atoms with Gasteiger partial charge < -0.3 is 4.74 Å². The number of rotatable bonds is 7. The van der Waals surface area contributed by atoms with Crippen molar-refractivity contribution in [3.8, 4) is 0 Å². The van der Waals surface area contributed by atoms with E-state index in [1.54, 1.807) is 17.2 Å². The van der Waals surface area contributed by atoms with Crippen LogP contribution in [0.1, 0.15) is 80.1 Å². The molecule has 0 spiro atoms. The molecular formula is C21H36O2. The van der Waals surface area contributed by atoms with Crippen LogP contribution in [0.2, 0.25) is 0 Å². The Balaban J connectivity index is 0.00000149. The third kappa shape index (κ3) is 10.1. The number of hydrogen-bond acceptors (Lipinski definition) is 2. The molecule has 0 fully saturated rings. The zero-order chi connectivity index (χ0) is 17.7. The van der Waals surface area contributed by atoms with E-state index in [4.69, 9.17) is 4.74 Å². The van der Waals surface area contributed by atoms with Crippen molar-refractivity contribution in [1.82, 2.24) is 0 Å². The van der Waals surface area contributed by atoms with Gasteiger partial charge in [-0.2, -0.15) is 0 Å². The number of hydrogen-bond donors (Lipinski definition) is 0. The predicted molar refractivity (Wildman–Crippen MR) is 100 cm³/mol. The lowest BCUT2D eigenvalue weighted by atomic mass is 9.86.